The molecule has 0 unspecified atom stereocenters. The molecule has 30 heavy (non-hydrogen) atoms. The highest BCUT2D eigenvalue weighted by molar-refractivity contribution is 7.89. The summed E-state index contributed by atoms with van der Waals surface area (Å²) in [5.41, 5.74) is 0.678. The minimum atomic E-state index is -3.62. The van der Waals surface area contributed by atoms with E-state index in [4.69, 9.17) is 9.47 Å². The van der Waals surface area contributed by atoms with Gasteiger partial charge in [0.1, 0.15) is 5.75 Å². The first-order valence-corrected chi connectivity index (χ1v) is 11.0. The molecule has 0 aliphatic heterocycles. The second-order valence-electron chi connectivity index (χ2n) is 6.79. The third-order valence-corrected chi connectivity index (χ3v) is 5.55. The topological polar surface area (TPSA) is 111 Å². The summed E-state index contributed by atoms with van der Waals surface area (Å²) in [7, 11) is -3.62. The van der Waals surface area contributed by atoms with Gasteiger partial charge in [-0.3, -0.25) is 4.79 Å². The normalized spacial score (nSPS) is 12.3. The van der Waals surface area contributed by atoms with E-state index in [9.17, 15) is 18.0 Å². The largest absolute Gasteiger partial charge is 0.494 e. The zero-order chi connectivity index (χ0) is 22.3. The summed E-state index contributed by atoms with van der Waals surface area (Å²) in [6.07, 6.45) is -1.05. The number of carbonyl (C=O) groups is 2. The molecule has 9 heteroatoms. The zero-order valence-electron chi connectivity index (χ0n) is 17.3. The summed E-state index contributed by atoms with van der Waals surface area (Å²) >= 11 is 0. The molecule has 2 aromatic carbocycles. The van der Waals surface area contributed by atoms with Gasteiger partial charge in [-0.2, -0.15) is 0 Å². The molecule has 162 valence electrons. The van der Waals surface area contributed by atoms with Gasteiger partial charge < -0.3 is 14.8 Å². The van der Waals surface area contributed by atoms with Crippen molar-refractivity contribution in [1.29, 1.82) is 0 Å². The number of carbonyl (C=O) groups excluding carboxylic acids is 2. The van der Waals surface area contributed by atoms with E-state index in [0.29, 0.717) is 23.6 Å². The highest BCUT2D eigenvalue weighted by atomic mass is 32.2. The second kappa shape index (κ2) is 10.2. The molecule has 1 amide bonds. The molecule has 0 radical (unpaired) electrons. The molecule has 1 atom stereocenters. The molecule has 0 aromatic heterocycles. The Labute approximate surface area is 176 Å². The van der Waals surface area contributed by atoms with Gasteiger partial charge in [0.15, 0.2) is 6.10 Å². The van der Waals surface area contributed by atoms with Crippen LogP contribution in [0.15, 0.2) is 53.4 Å². The number of sulfonamides is 1. The van der Waals surface area contributed by atoms with E-state index in [1.54, 1.807) is 38.1 Å². The number of ether oxygens (including phenoxy) is 2. The first kappa shape index (κ1) is 23.4. The number of esters is 1. The number of benzene rings is 2. The Morgan fingerprint density at radius 2 is 1.57 bits per heavy atom. The highest BCUT2D eigenvalue weighted by Gasteiger charge is 2.20. The lowest BCUT2D eigenvalue weighted by atomic mass is 10.2. The molecule has 0 saturated heterocycles. The Bertz CT molecular complexity index is 970. The van der Waals surface area contributed by atoms with Crippen LogP contribution in [-0.4, -0.2) is 39.0 Å². The van der Waals surface area contributed by atoms with E-state index in [1.807, 2.05) is 6.92 Å². The lowest BCUT2D eigenvalue weighted by Crippen LogP contribution is -2.30. The lowest BCUT2D eigenvalue weighted by molar-refractivity contribution is -0.123. The van der Waals surface area contributed by atoms with Gasteiger partial charge in [-0.05, 0) is 76.2 Å². The standard InChI is InChI=1S/C21H26N2O6S/c1-5-28-18-10-6-16(7-11-18)21(25)29-15(4)20(24)22-17-8-12-19(13-9-17)30(26,27)23-14(2)3/h6-15,23H,5H2,1-4H3,(H,22,24)/t15-/m1/s1. The van der Waals surface area contributed by atoms with Crippen LogP contribution < -0.4 is 14.8 Å². The number of anilines is 1. The molecule has 2 aromatic rings. The van der Waals surface area contributed by atoms with Crippen molar-refractivity contribution in [2.45, 2.75) is 44.7 Å². The summed E-state index contributed by atoms with van der Waals surface area (Å²) in [6, 6.07) is 11.9. The monoisotopic (exact) mass is 434 g/mol. The van der Waals surface area contributed by atoms with Gasteiger partial charge in [0.25, 0.3) is 5.91 Å². The zero-order valence-corrected chi connectivity index (χ0v) is 18.2. The fourth-order valence-electron chi connectivity index (χ4n) is 2.48. The Morgan fingerprint density at radius 3 is 2.10 bits per heavy atom. The quantitative estimate of drug-likeness (QED) is 0.587. The van der Waals surface area contributed by atoms with Gasteiger partial charge in [-0.25, -0.2) is 17.9 Å². The molecular weight excluding hydrogens is 408 g/mol. The Balaban J connectivity index is 1.96. The number of hydrogen-bond acceptors (Lipinski definition) is 6. The molecule has 2 rings (SSSR count). The molecule has 0 aliphatic rings. The lowest BCUT2D eigenvalue weighted by Gasteiger charge is -2.14. The minimum Gasteiger partial charge on any atom is -0.494 e. The summed E-state index contributed by atoms with van der Waals surface area (Å²) in [5.74, 6) is -0.541. The molecule has 0 bridgehead atoms. The number of amides is 1. The maximum atomic E-state index is 12.3. The van der Waals surface area contributed by atoms with E-state index in [2.05, 4.69) is 10.0 Å². The van der Waals surface area contributed by atoms with Crippen LogP contribution in [0.1, 0.15) is 38.1 Å². The van der Waals surface area contributed by atoms with E-state index < -0.39 is 28.0 Å². The van der Waals surface area contributed by atoms with Crippen molar-refractivity contribution in [2.75, 3.05) is 11.9 Å². The van der Waals surface area contributed by atoms with Crippen LogP contribution in [-0.2, 0) is 19.6 Å². The van der Waals surface area contributed by atoms with Crippen LogP contribution in [0.5, 0.6) is 5.75 Å². The molecule has 0 fully saturated rings. The van der Waals surface area contributed by atoms with Crippen molar-refractivity contribution >= 4 is 27.6 Å². The molecule has 0 spiro atoms. The van der Waals surface area contributed by atoms with Crippen molar-refractivity contribution < 1.29 is 27.5 Å². The number of nitrogens with one attached hydrogen (secondary N) is 2. The third-order valence-electron chi connectivity index (χ3n) is 3.88. The number of rotatable bonds is 9. The first-order valence-electron chi connectivity index (χ1n) is 9.49. The van der Waals surface area contributed by atoms with E-state index in [-0.39, 0.29) is 10.9 Å². The van der Waals surface area contributed by atoms with Gasteiger partial charge in [0.05, 0.1) is 17.1 Å². The predicted molar refractivity (Wildman–Crippen MR) is 113 cm³/mol. The Hall–Kier alpha value is -2.91. The maximum Gasteiger partial charge on any atom is 0.338 e. The van der Waals surface area contributed by atoms with Crippen LogP contribution in [0.25, 0.3) is 0 Å². The van der Waals surface area contributed by atoms with Crippen molar-refractivity contribution in [1.82, 2.24) is 4.72 Å². The average Bonchev–Trinajstić information content (AvgIpc) is 2.68. The highest BCUT2D eigenvalue weighted by Crippen LogP contribution is 2.16. The van der Waals surface area contributed by atoms with Gasteiger partial charge >= 0.3 is 5.97 Å². The number of hydrogen-bond donors (Lipinski definition) is 2. The first-order chi connectivity index (χ1) is 14.1. The van der Waals surface area contributed by atoms with Crippen LogP contribution in [0, 0.1) is 0 Å². The van der Waals surface area contributed by atoms with Crippen molar-refractivity contribution in [2.24, 2.45) is 0 Å². The summed E-state index contributed by atoms with van der Waals surface area (Å²) < 4.78 is 37.3. The maximum absolute atomic E-state index is 12.3. The van der Waals surface area contributed by atoms with Crippen molar-refractivity contribution in [3.63, 3.8) is 0 Å². The van der Waals surface area contributed by atoms with Crippen LogP contribution in [0.3, 0.4) is 0 Å². The van der Waals surface area contributed by atoms with Crippen molar-refractivity contribution in [3.8, 4) is 5.75 Å². The van der Waals surface area contributed by atoms with E-state index in [1.165, 1.54) is 31.2 Å². The minimum absolute atomic E-state index is 0.0872. The van der Waals surface area contributed by atoms with E-state index in [0.717, 1.165) is 0 Å². The van der Waals surface area contributed by atoms with Crippen LogP contribution in [0.4, 0.5) is 5.69 Å². The summed E-state index contributed by atoms with van der Waals surface area (Å²) in [5, 5.41) is 2.59. The van der Waals surface area contributed by atoms with Crippen LogP contribution in [0.2, 0.25) is 0 Å². The molecule has 0 aliphatic carbocycles. The van der Waals surface area contributed by atoms with Gasteiger partial charge in [0, 0.05) is 11.7 Å². The second-order valence-corrected chi connectivity index (χ2v) is 8.51. The van der Waals surface area contributed by atoms with Gasteiger partial charge in [0.2, 0.25) is 10.0 Å². The molecule has 2 N–H and O–H groups in total. The smallest absolute Gasteiger partial charge is 0.338 e. The third kappa shape index (κ3) is 6.57. The fraction of sp³-hybridized carbons (Fsp3) is 0.333. The van der Waals surface area contributed by atoms with Gasteiger partial charge in [-0.1, -0.05) is 0 Å². The predicted octanol–water partition coefficient (Wildman–Crippen LogP) is 2.96. The fourth-order valence-corrected chi connectivity index (χ4v) is 3.73. The Morgan fingerprint density at radius 1 is 0.967 bits per heavy atom. The van der Waals surface area contributed by atoms with Crippen LogP contribution >= 0.6 is 0 Å². The average molecular weight is 435 g/mol. The SMILES string of the molecule is CCOc1ccc(C(=O)O[C@H](C)C(=O)Nc2ccc(S(=O)(=O)NC(C)C)cc2)cc1. The molecule has 0 heterocycles. The van der Waals surface area contributed by atoms with Crippen molar-refractivity contribution in [3.05, 3.63) is 54.1 Å². The molecule has 0 saturated carbocycles. The Kier molecular flexibility index (Phi) is 7.96. The van der Waals surface area contributed by atoms with E-state index >= 15 is 0 Å². The summed E-state index contributed by atoms with van der Waals surface area (Å²) in [6.45, 7) is 7.27. The summed E-state index contributed by atoms with van der Waals surface area (Å²) in [4.78, 5) is 24.6. The molecule has 8 nitrogen and oxygen atoms in total. The van der Waals surface area contributed by atoms with Gasteiger partial charge in [-0.15, -0.1) is 0 Å². The molecular formula is C21H26N2O6S.